The Kier molecular flexibility index (Phi) is 6.22. The number of thioether (sulfide) groups is 1. The molecule has 2 aromatic carbocycles. The molecule has 0 fully saturated rings. The summed E-state index contributed by atoms with van der Waals surface area (Å²) in [4.78, 5) is 48.2. The van der Waals surface area contributed by atoms with Crippen molar-refractivity contribution >= 4 is 46.2 Å². The number of para-hydroxylation sites is 1. The molecule has 0 saturated heterocycles. The summed E-state index contributed by atoms with van der Waals surface area (Å²) >= 11 is 2.78. The summed E-state index contributed by atoms with van der Waals surface area (Å²) in [6.07, 6.45) is 1.66. The first kappa shape index (κ1) is 24.3. The lowest BCUT2D eigenvalue weighted by atomic mass is 9.96. The van der Waals surface area contributed by atoms with E-state index in [1.54, 1.807) is 44.5 Å². The molecule has 0 bridgehead atoms. The Morgan fingerprint density at radius 3 is 2.47 bits per heavy atom. The molecule has 2 aliphatic heterocycles. The number of anilines is 1. The van der Waals surface area contributed by atoms with Gasteiger partial charge in [-0.3, -0.25) is 14.2 Å². The number of amides is 1. The zero-order chi connectivity index (χ0) is 25.7. The van der Waals surface area contributed by atoms with Gasteiger partial charge in [-0.15, -0.1) is 11.8 Å². The van der Waals surface area contributed by atoms with Crippen LogP contribution in [-0.2, 0) is 14.3 Å². The number of carbonyl (C=O) groups excluding carboxylic acids is 2. The Labute approximate surface area is 216 Å². The van der Waals surface area contributed by atoms with Crippen molar-refractivity contribution in [2.75, 3.05) is 18.2 Å². The lowest BCUT2D eigenvalue weighted by Crippen LogP contribution is -2.41. The molecule has 5 rings (SSSR count). The second-order valence-electron chi connectivity index (χ2n) is 8.89. The average Bonchev–Trinajstić information content (AvgIpc) is 3.30. The van der Waals surface area contributed by atoms with Crippen LogP contribution in [0.25, 0.3) is 5.57 Å². The summed E-state index contributed by atoms with van der Waals surface area (Å²) in [5.74, 6) is -0.748. The number of nitrogens with zero attached hydrogens (tertiary/aromatic N) is 3. The molecule has 3 heterocycles. The number of ether oxygens (including phenoxy) is 1. The molecule has 1 amide bonds. The molecule has 9 heteroatoms. The van der Waals surface area contributed by atoms with Gasteiger partial charge >= 0.3 is 5.97 Å². The van der Waals surface area contributed by atoms with E-state index < -0.39 is 12.0 Å². The van der Waals surface area contributed by atoms with Crippen LogP contribution in [0.15, 0.2) is 74.5 Å². The smallest absolute Gasteiger partial charge is 0.338 e. The molecule has 0 spiro atoms. The highest BCUT2D eigenvalue weighted by molar-refractivity contribution is 7.98. The first-order valence-corrected chi connectivity index (χ1v) is 13.5. The lowest BCUT2D eigenvalue weighted by molar-refractivity contribution is -0.143. The van der Waals surface area contributed by atoms with Crippen LogP contribution in [0.2, 0.25) is 0 Å². The number of esters is 1. The highest BCUT2D eigenvalue weighted by atomic mass is 32.2. The molecule has 0 saturated carbocycles. The maximum absolute atomic E-state index is 14.0. The van der Waals surface area contributed by atoms with E-state index in [-0.39, 0.29) is 17.6 Å². The molecule has 1 aromatic heterocycles. The number of rotatable bonds is 4. The van der Waals surface area contributed by atoms with Gasteiger partial charge in [0.05, 0.1) is 34.7 Å². The predicted octanol–water partition coefficient (Wildman–Crippen LogP) is 3.26. The fourth-order valence-corrected chi connectivity index (χ4v) is 6.15. The predicted molar refractivity (Wildman–Crippen MR) is 142 cm³/mol. The molecule has 0 unspecified atom stereocenters. The van der Waals surface area contributed by atoms with Crippen molar-refractivity contribution in [3.63, 3.8) is 0 Å². The average molecular weight is 520 g/mol. The normalized spacial score (nSPS) is 18.3. The van der Waals surface area contributed by atoms with Gasteiger partial charge in [-0.25, -0.2) is 9.79 Å². The number of aromatic nitrogens is 1. The van der Waals surface area contributed by atoms with E-state index in [1.807, 2.05) is 54.8 Å². The quantitative estimate of drug-likeness (QED) is 0.391. The molecular weight excluding hydrogens is 494 g/mol. The third-order valence-electron chi connectivity index (χ3n) is 6.27. The molecular formula is C27H25N3O4S2. The highest BCUT2D eigenvalue weighted by Gasteiger charge is 2.36. The molecule has 36 heavy (non-hydrogen) atoms. The number of hydrogen-bond donors (Lipinski definition) is 0. The topological polar surface area (TPSA) is 81.0 Å². The zero-order valence-electron chi connectivity index (χ0n) is 20.6. The third kappa shape index (κ3) is 3.83. The number of thiazole rings is 1. The molecule has 1 atom stereocenters. The number of hydrogen-bond acceptors (Lipinski definition) is 7. The lowest BCUT2D eigenvalue weighted by Gasteiger charge is -2.25. The summed E-state index contributed by atoms with van der Waals surface area (Å²) in [7, 11) is 1.70. The van der Waals surface area contributed by atoms with Crippen LogP contribution < -0.4 is 19.8 Å². The van der Waals surface area contributed by atoms with E-state index in [1.165, 1.54) is 15.9 Å². The summed E-state index contributed by atoms with van der Waals surface area (Å²) < 4.78 is 7.40. The third-order valence-corrected chi connectivity index (χ3v) is 8.07. The number of carbonyl (C=O) groups is 2. The van der Waals surface area contributed by atoms with E-state index in [0.29, 0.717) is 31.7 Å². The van der Waals surface area contributed by atoms with E-state index in [9.17, 15) is 14.4 Å². The van der Waals surface area contributed by atoms with Gasteiger partial charge in [0.1, 0.15) is 4.53 Å². The molecule has 2 aliphatic rings. The second kappa shape index (κ2) is 9.22. The minimum Gasteiger partial charge on any atom is -0.459 e. The number of likely N-dealkylation sites (N-methyl/N-ethyl adjacent to an activating group) is 1. The van der Waals surface area contributed by atoms with Crippen LogP contribution in [0.4, 0.5) is 5.69 Å². The number of allylic oxidation sites excluding steroid dienone is 1. The molecule has 0 aliphatic carbocycles. The Morgan fingerprint density at radius 1 is 1.11 bits per heavy atom. The van der Waals surface area contributed by atoms with Crippen LogP contribution in [0.3, 0.4) is 0 Å². The van der Waals surface area contributed by atoms with Gasteiger partial charge in [0, 0.05) is 17.5 Å². The van der Waals surface area contributed by atoms with Gasteiger partial charge in [-0.1, -0.05) is 41.7 Å². The minimum atomic E-state index is -0.720. The SMILES string of the molecule is CSc1ccc([C@H]2C(C(=O)OC(C)C)=C(C)N=c3s/c(=C4/C(=O)N(C)c5ccccc54)c(=O)n32)cc1. The van der Waals surface area contributed by atoms with Gasteiger partial charge in [-0.05, 0) is 50.8 Å². The van der Waals surface area contributed by atoms with Crippen molar-refractivity contribution in [3.8, 4) is 0 Å². The molecule has 0 N–H and O–H groups in total. The molecule has 184 valence electrons. The van der Waals surface area contributed by atoms with Gasteiger partial charge in [-0.2, -0.15) is 0 Å². The summed E-state index contributed by atoms with van der Waals surface area (Å²) in [5, 5.41) is 0. The Morgan fingerprint density at radius 2 is 1.81 bits per heavy atom. The van der Waals surface area contributed by atoms with Crippen molar-refractivity contribution < 1.29 is 14.3 Å². The molecule has 7 nitrogen and oxygen atoms in total. The molecule has 3 aromatic rings. The van der Waals surface area contributed by atoms with Crippen LogP contribution in [0.1, 0.15) is 37.9 Å². The number of fused-ring (bicyclic) bond motifs is 2. The highest BCUT2D eigenvalue weighted by Crippen LogP contribution is 2.35. The van der Waals surface area contributed by atoms with Crippen molar-refractivity contribution in [1.82, 2.24) is 4.57 Å². The van der Waals surface area contributed by atoms with E-state index in [4.69, 9.17) is 4.74 Å². The molecule has 0 radical (unpaired) electrons. The first-order valence-electron chi connectivity index (χ1n) is 11.5. The summed E-state index contributed by atoms with van der Waals surface area (Å²) in [6, 6.07) is 14.5. The van der Waals surface area contributed by atoms with Gasteiger partial charge in [0.25, 0.3) is 11.5 Å². The maximum Gasteiger partial charge on any atom is 0.338 e. The Balaban J connectivity index is 1.80. The van der Waals surface area contributed by atoms with Crippen LogP contribution in [0, 0.1) is 0 Å². The van der Waals surface area contributed by atoms with E-state index >= 15 is 0 Å². The van der Waals surface area contributed by atoms with Gasteiger partial charge in [0.2, 0.25) is 0 Å². The Hall–Kier alpha value is -3.43. The monoisotopic (exact) mass is 519 g/mol. The van der Waals surface area contributed by atoms with Crippen molar-refractivity contribution in [1.29, 1.82) is 0 Å². The maximum atomic E-state index is 14.0. The van der Waals surface area contributed by atoms with Crippen molar-refractivity contribution in [2.24, 2.45) is 4.99 Å². The van der Waals surface area contributed by atoms with Gasteiger partial charge in [0.15, 0.2) is 4.80 Å². The van der Waals surface area contributed by atoms with E-state index in [2.05, 4.69) is 4.99 Å². The first-order chi connectivity index (χ1) is 17.2. The standard InChI is InChI=1S/C27H25N3O4S2/c1-14(2)34-26(33)20-15(3)28-27-30(22(20)16-10-12-17(35-5)13-11-16)25(32)23(36-27)21-18-8-6-7-9-19(18)29(4)24(21)31/h6-14,22H,1-5H3/b23-21+/t22-/m0/s1. The Bertz CT molecular complexity index is 1610. The zero-order valence-corrected chi connectivity index (χ0v) is 22.2. The van der Waals surface area contributed by atoms with E-state index in [0.717, 1.165) is 16.1 Å². The summed E-state index contributed by atoms with van der Waals surface area (Å²) in [5.41, 5.74) is 3.06. The van der Waals surface area contributed by atoms with Crippen molar-refractivity contribution in [3.05, 3.63) is 90.6 Å². The van der Waals surface area contributed by atoms with Crippen LogP contribution >= 0.6 is 23.1 Å². The number of benzene rings is 2. The minimum absolute atomic E-state index is 0.238. The largest absolute Gasteiger partial charge is 0.459 e. The van der Waals surface area contributed by atoms with Gasteiger partial charge < -0.3 is 9.64 Å². The van der Waals surface area contributed by atoms with Crippen LogP contribution in [0.5, 0.6) is 0 Å². The second-order valence-corrected chi connectivity index (χ2v) is 10.7. The van der Waals surface area contributed by atoms with Crippen LogP contribution in [-0.4, -0.2) is 35.9 Å². The van der Waals surface area contributed by atoms with Crippen molar-refractivity contribution in [2.45, 2.75) is 37.8 Å². The fourth-order valence-electron chi connectivity index (χ4n) is 4.60. The summed E-state index contributed by atoms with van der Waals surface area (Å²) in [6.45, 7) is 5.32. The fraction of sp³-hybridized carbons (Fsp3) is 0.259.